The van der Waals surface area contributed by atoms with Gasteiger partial charge in [0.1, 0.15) is 11.5 Å². The molecule has 0 heterocycles. The molecule has 126 valence electrons. The summed E-state index contributed by atoms with van der Waals surface area (Å²) < 4.78 is 10.2. The van der Waals surface area contributed by atoms with E-state index in [-0.39, 0.29) is 5.11 Å². The SMILES string of the molecule is COc1ccc(NC(=S)NNC(=O)Nc2ccccc2OC)cc1. The fourth-order valence-corrected chi connectivity index (χ4v) is 2.02. The van der Waals surface area contributed by atoms with Crippen LogP contribution < -0.4 is 31.0 Å². The van der Waals surface area contributed by atoms with Gasteiger partial charge in [-0.05, 0) is 48.6 Å². The first-order chi connectivity index (χ1) is 11.6. The second-order valence-corrected chi connectivity index (χ2v) is 5.00. The minimum absolute atomic E-state index is 0.246. The van der Waals surface area contributed by atoms with Crippen LogP contribution >= 0.6 is 12.2 Å². The van der Waals surface area contributed by atoms with Crippen LogP contribution in [-0.2, 0) is 0 Å². The molecule has 24 heavy (non-hydrogen) atoms. The third-order valence-electron chi connectivity index (χ3n) is 2.99. The zero-order valence-electron chi connectivity index (χ0n) is 13.3. The lowest BCUT2D eigenvalue weighted by Crippen LogP contribution is -2.45. The summed E-state index contributed by atoms with van der Waals surface area (Å²) in [5, 5.41) is 5.83. The first-order valence-corrected chi connectivity index (χ1v) is 7.44. The Morgan fingerprint density at radius 3 is 2.29 bits per heavy atom. The largest absolute Gasteiger partial charge is 0.497 e. The number of methoxy groups -OCH3 is 2. The Morgan fingerprint density at radius 2 is 1.62 bits per heavy atom. The monoisotopic (exact) mass is 346 g/mol. The number of hydrogen-bond acceptors (Lipinski definition) is 4. The van der Waals surface area contributed by atoms with E-state index in [1.165, 1.54) is 7.11 Å². The summed E-state index contributed by atoms with van der Waals surface area (Å²) in [5.74, 6) is 1.31. The molecule has 0 spiro atoms. The maximum atomic E-state index is 11.9. The third-order valence-corrected chi connectivity index (χ3v) is 3.20. The summed E-state index contributed by atoms with van der Waals surface area (Å²) in [4.78, 5) is 11.9. The molecule has 0 saturated heterocycles. The van der Waals surface area contributed by atoms with Gasteiger partial charge in [0, 0.05) is 5.69 Å². The molecule has 0 atom stereocenters. The maximum Gasteiger partial charge on any atom is 0.338 e. The number of para-hydroxylation sites is 2. The maximum absolute atomic E-state index is 11.9. The molecular formula is C16H18N4O3S. The number of ether oxygens (including phenoxy) is 2. The Labute approximate surface area is 145 Å². The Morgan fingerprint density at radius 1 is 0.917 bits per heavy atom. The molecule has 4 N–H and O–H groups in total. The van der Waals surface area contributed by atoms with E-state index in [1.807, 2.05) is 18.2 Å². The van der Waals surface area contributed by atoms with Gasteiger partial charge in [-0.1, -0.05) is 12.1 Å². The van der Waals surface area contributed by atoms with Gasteiger partial charge in [-0.15, -0.1) is 0 Å². The average molecular weight is 346 g/mol. The molecule has 0 aliphatic carbocycles. The molecule has 0 saturated carbocycles. The Balaban J connectivity index is 1.81. The average Bonchev–Trinajstić information content (AvgIpc) is 2.61. The van der Waals surface area contributed by atoms with Crippen molar-refractivity contribution in [2.45, 2.75) is 0 Å². The Kier molecular flexibility index (Phi) is 6.21. The van der Waals surface area contributed by atoms with Crippen molar-refractivity contribution in [3.8, 4) is 11.5 Å². The smallest absolute Gasteiger partial charge is 0.338 e. The van der Waals surface area contributed by atoms with Crippen LogP contribution in [0.4, 0.5) is 16.2 Å². The fourth-order valence-electron chi connectivity index (χ4n) is 1.85. The van der Waals surface area contributed by atoms with Crippen LogP contribution in [0.5, 0.6) is 11.5 Å². The van der Waals surface area contributed by atoms with E-state index in [9.17, 15) is 4.79 Å². The van der Waals surface area contributed by atoms with Crippen molar-refractivity contribution in [3.63, 3.8) is 0 Å². The summed E-state index contributed by atoms with van der Waals surface area (Å²) in [6, 6.07) is 13.8. The predicted octanol–water partition coefficient (Wildman–Crippen LogP) is 2.73. The highest BCUT2D eigenvalue weighted by Gasteiger charge is 2.06. The second-order valence-electron chi connectivity index (χ2n) is 4.59. The number of benzene rings is 2. The Bertz CT molecular complexity index is 707. The van der Waals surface area contributed by atoms with E-state index in [1.54, 1.807) is 37.4 Å². The van der Waals surface area contributed by atoms with Gasteiger partial charge in [0.25, 0.3) is 0 Å². The minimum Gasteiger partial charge on any atom is -0.497 e. The first-order valence-electron chi connectivity index (χ1n) is 7.03. The fraction of sp³-hybridized carbons (Fsp3) is 0.125. The quantitative estimate of drug-likeness (QED) is 0.503. The van der Waals surface area contributed by atoms with E-state index in [0.29, 0.717) is 11.4 Å². The van der Waals surface area contributed by atoms with Crippen molar-refractivity contribution in [2.24, 2.45) is 0 Å². The molecule has 0 aliphatic heterocycles. The standard InChI is InChI=1S/C16H18N4O3S/c1-22-12-9-7-11(8-10-12)17-16(24)20-19-15(21)18-13-5-3-4-6-14(13)23-2/h3-10H,1-2H3,(H2,17,20,24)(H2,18,19,21). The van der Waals surface area contributed by atoms with Crippen molar-refractivity contribution < 1.29 is 14.3 Å². The van der Waals surface area contributed by atoms with Gasteiger partial charge in [-0.3, -0.25) is 5.43 Å². The molecular weight excluding hydrogens is 328 g/mol. The van der Waals surface area contributed by atoms with E-state index >= 15 is 0 Å². The lowest BCUT2D eigenvalue weighted by Gasteiger charge is -2.13. The lowest BCUT2D eigenvalue weighted by atomic mass is 10.3. The van der Waals surface area contributed by atoms with E-state index in [2.05, 4.69) is 21.5 Å². The topological polar surface area (TPSA) is 83.7 Å². The highest BCUT2D eigenvalue weighted by molar-refractivity contribution is 7.80. The predicted molar refractivity (Wildman–Crippen MR) is 97.5 cm³/mol. The molecule has 2 aromatic carbocycles. The van der Waals surface area contributed by atoms with E-state index < -0.39 is 6.03 Å². The van der Waals surface area contributed by atoms with Crippen molar-refractivity contribution in [1.29, 1.82) is 0 Å². The van der Waals surface area contributed by atoms with Crippen LogP contribution in [0, 0.1) is 0 Å². The number of anilines is 2. The summed E-state index contributed by atoms with van der Waals surface area (Å²) in [6.07, 6.45) is 0. The molecule has 8 heteroatoms. The number of carbonyl (C=O) groups excluding carboxylic acids is 1. The number of carbonyl (C=O) groups is 1. The number of amides is 2. The van der Waals surface area contributed by atoms with Crippen LogP contribution in [0.3, 0.4) is 0 Å². The van der Waals surface area contributed by atoms with Gasteiger partial charge in [-0.2, -0.15) is 0 Å². The van der Waals surface area contributed by atoms with Crippen LogP contribution in [0.2, 0.25) is 0 Å². The molecule has 0 aliphatic rings. The van der Waals surface area contributed by atoms with Crippen LogP contribution in [0.25, 0.3) is 0 Å². The summed E-state index contributed by atoms with van der Waals surface area (Å²) in [7, 11) is 3.13. The molecule has 0 fully saturated rings. The first kappa shape index (κ1) is 17.4. The summed E-state index contributed by atoms with van der Waals surface area (Å²) in [5.41, 5.74) is 6.36. The van der Waals surface area contributed by atoms with Crippen molar-refractivity contribution in [2.75, 3.05) is 24.9 Å². The van der Waals surface area contributed by atoms with Crippen molar-refractivity contribution in [3.05, 3.63) is 48.5 Å². The molecule has 0 radical (unpaired) electrons. The zero-order valence-corrected chi connectivity index (χ0v) is 14.1. The zero-order chi connectivity index (χ0) is 17.4. The van der Waals surface area contributed by atoms with Gasteiger partial charge in [0.15, 0.2) is 5.11 Å². The number of nitrogens with one attached hydrogen (secondary N) is 4. The molecule has 0 unspecified atom stereocenters. The van der Waals surface area contributed by atoms with Crippen molar-refractivity contribution >= 4 is 34.7 Å². The van der Waals surface area contributed by atoms with E-state index in [0.717, 1.165) is 11.4 Å². The minimum atomic E-state index is -0.474. The second kappa shape index (κ2) is 8.59. The number of hydrazine groups is 1. The molecule has 2 rings (SSSR count). The van der Waals surface area contributed by atoms with Gasteiger partial charge in [0.2, 0.25) is 0 Å². The number of hydrogen-bond donors (Lipinski definition) is 4. The van der Waals surface area contributed by atoms with Gasteiger partial charge < -0.3 is 20.1 Å². The van der Waals surface area contributed by atoms with Gasteiger partial charge in [-0.25, -0.2) is 10.2 Å². The van der Waals surface area contributed by atoms with Crippen LogP contribution in [-0.4, -0.2) is 25.4 Å². The molecule has 0 aromatic heterocycles. The molecule has 2 amide bonds. The van der Waals surface area contributed by atoms with Gasteiger partial charge in [0.05, 0.1) is 19.9 Å². The molecule has 2 aromatic rings. The molecule has 0 bridgehead atoms. The normalized spacial score (nSPS) is 9.58. The summed E-state index contributed by atoms with van der Waals surface area (Å²) >= 11 is 5.11. The van der Waals surface area contributed by atoms with Gasteiger partial charge >= 0.3 is 6.03 Å². The van der Waals surface area contributed by atoms with E-state index in [4.69, 9.17) is 21.7 Å². The molecule has 7 nitrogen and oxygen atoms in total. The van der Waals surface area contributed by atoms with Crippen molar-refractivity contribution in [1.82, 2.24) is 10.9 Å². The Hall–Kier alpha value is -3.00. The third kappa shape index (κ3) is 5.03. The van der Waals surface area contributed by atoms with Crippen LogP contribution in [0.1, 0.15) is 0 Å². The summed E-state index contributed by atoms with van der Waals surface area (Å²) in [6.45, 7) is 0. The highest BCUT2D eigenvalue weighted by atomic mass is 32.1. The highest BCUT2D eigenvalue weighted by Crippen LogP contribution is 2.22. The number of urea groups is 1. The number of thiocarbonyl (C=S) groups is 1. The number of rotatable bonds is 4. The van der Waals surface area contributed by atoms with Crippen LogP contribution in [0.15, 0.2) is 48.5 Å². The lowest BCUT2D eigenvalue weighted by molar-refractivity contribution is 0.250.